The summed E-state index contributed by atoms with van der Waals surface area (Å²) in [4.78, 5) is 54.9. The minimum Gasteiger partial charge on any atom is -0.481 e. The van der Waals surface area contributed by atoms with E-state index in [9.17, 15) is 19.2 Å². The normalized spacial score (nSPS) is 34.5. The molecule has 2 aromatic rings. The lowest BCUT2D eigenvalue weighted by molar-refractivity contribution is -0.142. The van der Waals surface area contributed by atoms with Crippen molar-refractivity contribution in [1.82, 2.24) is 9.88 Å². The van der Waals surface area contributed by atoms with Gasteiger partial charge in [0.15, 0.2) is 0 Å². The summed E-state index contributed by atoms with van der Waals surface area (Å²) in [6, 6.07) is 8.39. The van der Waals surface area contributed by atoms with Crippen LogP contribution in [-0.4, -0.2) is 44.6 Å². The molecule has 1 aromatic carbocycles. The van der Waals surface area contributed by atoms with E-state index in [1.165, 1.54) is 16.2 Å². The second-order valence-electron chi connectivity index (χ2n) is 9.34. The van der Waals surface area contributed by atoms with E-state index in [-0.39, 0.29) is 70.4 Å². The molecular formula is C23H22N2O5S2. The van der Waals surface area contributed by atoms with Crippen molar-refractivity contribution in [3.05, 3.63) is 49.9 Å². The van der Waals surface area contributed by atoms with Crippen molar-refractivity contribution in [2.75, 3.05) is 6.54 Å². The number of likely N-dealkylation sites (tertiary alicyclic amines) is 1. The lowest BCUT2D eigenvalue weighted by Gasteiger charge is -2.43. The first kappa shape index (κ1) is 20.2. The number of aryl methyl sites for hydroxylation is 1. The molecule has 1 saturated heterocycles. The van der Waals surface area contributed by atoms with E-state index in [4.69, 9.17) is 5.11 Å². The Morgan fingerprint density at radius 3 is 2.50 bits per heavy atom. The number of imide groups is 1. The first-order valence-electron chi connectivity index (χ1n) is 10.9. The van der Waals surface area contributed by atoms with Gasteiger partial charge in [-0.15, -0.1) is 11.8 Å². The molecular weight excluding hydrogens is 448 g/mol. The topological polar surface area (TPSA) is 108 Å². The molecule has 2 aliphatic carbocycles. The Morgan fingerprint density at radius 2 is 1.81 bits per heavy atom. The van der Waals surface area contributed by atoms with Crippen molar-refractivity contribution in [1.29, 1.82) is 0 Å². The maximum atomic E-state index is 13.3. The summed E-state index contributed by atoms with van der Waals surface area (Å²) in [5, 5.41) is 10.1. The van der Waals surface area contributed by atoms with Crippen molar-refractivity contribution >= 4 is 40.9 Å². The number of fused-ring (bicyclic) bond motifs is 9. The van der Waals surface area contributed by atoms with Gasteiger partial charge in [0.05, 0.1) is 23.3 Å². The molecule has 0 unspecified atom stereocenters. The molecule has 9 heteroatoms. The van der Waals surface area contributed by atoms with E-state index in [0.29, 0.717) is 0 Å². The first-order chi connectivity index (χ1) is 15.3. The highest BCUT2D eigenvalue weighted by molar-refractivity contribution is 8.00. The molecule has 2 aliphatic heterocycles. The van der Waals surface area contributed by atoms with Gasteiger partial charge in [-0.1, -0.05) is 41.2 Å². The van der Waals surface area contributed by atoms with Gasteiger partial charge in [0.1, 0.15) is 0 Å². The molecule has 0 spiro atoms. The Kier molecular flexibility index (Phi) is 4.46. The summed E-state index contributed by atoms with van der Waals surface area (Å²) in [6.45, 7) is 1.99. The second kappa shape index (κ2) is 7.05. The Morgan fingerprint density at radius 1 is 1.12 bits per heavy atom. The number of thiazole rings is 1. The van der Waals surface area contributed by atoms with Gasteiger partial charge in [-0.3, -0.25) is 24.1 Å². The molecule has 6 rings (SSSR count). The molecule has 2 amide bonds. The number of amides is 2. The molecule has 3 heterocycles. The number of nitrogens with zero attached hydrogens (tertiary/aromatic N) is 1. The first-order valence-corrected chi connectivity index (χ1v) is 12.6. The number of aromatic amines is 1. The number of benzene rings is 1. The Balaban J connectivity index is 1.41. The van der Waals surface area contributed by atoms with Crippen LogP contribution in [0.3, 0.4) is 0 Å². The maximum Gasteiger partial charge on any atom is 0.305 e. The van der Waals surface area contributed by atoms with Gasteiger partial charge in [0, 0.05) is 22.6 Å². The van der Waals surface area contributed by atoms with Crippen molar-refractivity contribution < 1.29 is 19.5 Å². The minimum absolute atomic E-state index is 0.0210. The molecule has 7 atom stereocenters. The van der Waals surface area contributed by atoms with Crippen LogP contribution in [0.1, 0.15) is 34.8 Å². The molecule has 32 heavy (non-hydrogen) atoms. The van der Waals surface area contributed by atoms with E-state index in [2.05, 4.69) is 29.2 Å². The number of hydrogen-bond donors (Lipinski definition) is 2. The van der Waals surface area contributed by atoms with Crippen LogP contribution >= 0.6 is 23.1 Å². The third-order valence-corrected chi connectivity index (χ3v) is 10.4. The molecule has 166 valence electrons. The minimum atomic E-state index is -1.01. The third-order valence-electron chi connectivity index (χ3n) is 7.80. The zero-order valence-corrected chi connectivity index (χ0v) is 18.9. The van der Waals surface area contributed by atoms with Crippen LogP contribution in [0.4, 0.5) is 0 Å². The van der Waals surface area contributed by atoms with Gasteiger partial charge in [0.2, 0.25) is 11.8 Å². The van der Waals surface area contributed by atoms with Crippen LogP contribution in [-0.2, 0) is 14.4 Å². The molecule has 2 saturated carbocycles. The third kappa shape index (κ3) is 2.73. The molecule has 2 bridgehead atoms. The number of aromatic nitrogens is 1. The number of hydrogen-bond acceptors (Lipinski definition) is 6. The Labute approximate surface area is 192 Å². The van der Waals surface area contributed by atoms with Crippen molar-refractivity contribution in [2.45, 2.75) is 36.0 Å². The standard InChI is InChI=1S/C23H22N2O5S2/c1-9-2-4-10(5-3-9)14-15-11-8-12(18(15)31-20-19(14)32-23(30)24-20)17-16(11)21(28)25(22(17)29)7-6-13(26)27/h2-5,11-12,14-18H,6-8H2,1H3,(H,24,30)(H,26,27)/t11-,12+,14+,15+,16+,17+,18+/m0/s1. The highest BCUT2D eigenvalue weighted by Crippen LogP contribution is 2.68. The number of rotatable bonds is 4. The molecule has 0 radical (unpaired) electrons. The van der Waals surface area contributed by atoms with Crippen LogP contribution in [0.15, 0.2) is 34.1 Å². The zero-order chi connectivity index (χ0) is 22.3. The van der Waals surface area contributed by atoms with Gasteiger partial charge in [-0.05, 0) is 36.7 Å². The SMILES string of the molecule is Cc1ccc([C@H]2c3sc(=O)[nH]c3S[C@@H]3[C@@H]4C[C@H]([C@H]5C(=O)N(CCC(=O)O)C(=O)[C@H]45)[C@H]23)cc1. The number of carbonyl (C=O) groups excluding carboxylic acids is 2. The molecule has 1 aromatic heterocycles. The summed E-state index contributed by atoms with van der Waals surface area (Å²) in [6.07, 6.45) is 0.613. The lowest BCUT2D eigenvalue weighted by atomic mass is 9.68. The summed E-state index contributed by atoms with van der Waals surface area (Å²) in [7, 11) is 0. The predicted molar refractivity (Wildman–Crippen MR) is 119 cm³/mol. The number of carboxylic acid groups (broad SMARTS) is 1. The average molecular weight is 471 g/mol. The number of H-pyrrole nitrogens is 1. The number of nitrogens with one attached hydrogen (secondary N) is 1. The van der Waals surface area contributed by atoms with Gasteiger partial charge >= 0.3 is 10.8 Å². The molecule has 3 fully saturated rings. The van der Waals surface area contributed by atoms with Gasteiger partial charge in [0.25, 0.3) is 0 Å². The quantitative estimate of drug-likeness (QED) is 0.666. The van der Waals surface area contributed by atoms with Crippen LogP contribution in [0.25, 0.3) is 0 Å². The van der Waals surface area contributed by atoms with Crippen molar-refractivity contribution in [2.24, 2.45) is 29.6 Å². The van der Waals surface area contributed by atoms with E-state index in [1.807, 2.05) is 6.92 Å². The summed E-state index contributed by atoms with van der Waals surface area (Å²) in [5.41, 5.74) is 2.31. The number of carboxylic acids is 1. The fraction of sp³-hybridized carbons (Fsp3) is 0.478. The van der Waals surface area contributed by atoms with Gasteiger partial charge in [-0.2, -0.15) is 0 Å². The second-order valence-corrected chi connectivity index (χ2v) is 11.5. The van der Waals surface area contributed by atoms with Crippen LogP contribution < -0.4 is 4.87 Å². The fourth-order valence-electron chi connectivity index (χ4n) is 6.65. The fourth-order valence-corrected chi connectivity index (χ4v) is 9.54. The number of aliphatic carboxylic acids is 1. The summed E-state index contributed by atoms with van der Waals surface area (Å²) in [5.74, 6) is -1.83. The molecule has 7 nitrogen and oxygen atoms in total. The van der Waals surface area contributed by atoms with Gasteiger partial charge < -0.3 is 10.1 Å². The van der Waals surface area contributed by atoms with E-state index in [1.54, 1.807) is 11.8 Å². The largest absolute Gasteiger partial charge is 0.481 e. The zero-order valence-electron chi connectivity index (χ0n) is 17.3. The summed E-state index contributed by atoms with van der Waals surface area (Å²) < 4.78 is 0. The van der Waals surface area contributed by atoms with E-state index >= 15 is 0 Å². The van der Waals surface area contributed by atoms with E-state index < -0.39 is 5.97 Å². The van der Waals surface area contributed by atoms with Gasteiger partial charge in [-0.25, -0.2) is 0 Å². The molecule has 4 aliphatic rings. The van der Waals surface area contributed by atoms with Crippen LogP contribution in [0, 0.1) is 36.5 Å². The predicted octanol–water partition coefficient (Wildman–Crippen LogP) is 2.69. The smallest absolute Gasteiger partial charge is 0.305 e. The van der Waals surface area contributed by atoms with Crippen LogP contribution in [0.5, 0.6) is 0 Å². The highest BCUT2D eigenvalue weighted by atomic mass is 32.2. The highest BCUT2D eigenvalue weighted by Gasteiger charge is 2.69. The number of carbonyl (C=O) groups is 3. The maximum absolute atomic E-state index is 13.3. The Bertz CT molecular complexity index is 1200. The Hall–Kier alpha value is -2.39. The molecule has 2 N–H and O–H groups in total. The monoisotopic (exact) mass is 470 g/mol. The number of thioether (sulfide) groups is 1. The van der Waals surface area contributed by atoms with Crippen LogP contribution in [0.2, 0.25) is 0 Å². The lowest BCUT2D eigenvalue weighted by Crippen LogP contribution is -2.42. The average Bonchev–Trinajstić information content (AvgIpc) is 3.47. The summed E-state index contributed by atoms with van der Waals surface area (Å²) >= 11 is 2.92. The van der Waals surface area contributed by atoms with Crippen molar-refractivity contribution in [3.63, 3.8) is 0 Å². The van der Waals surface area contributed by atoms with E-state index in [0.717, 1.165) is 27.5 Å². The van der Waals surface area contributed by atoms with Crippen molar-refractivity contribution in [3.8, 4) is 0 Å².